The average Bonchev–Trinajstić information content (AvgIpc) is 2.56. The topological polar surface area (TPSA) is 21.3 Å². The van der Waals surface area contributed by atoms with Crippen LogP contribution in [0.2, 0.25) is 0 Å². The molecule has 1 aliphatic heterocycles. The van der Waals surface area contributed by atoms with Gasteiger partial charge in [0.1, 0.15) is 12.4 Å². The minimum atomic E-state index is 0.616. The Morgan fingerprint density at radius 2 is 1.81 bits per heavy atom. The lowest BCUT2D eigenvalue weighted by Crippen LogP contribution is -2.23. The van der Waals surface area contributed by atoms with Crippen molar-refractivity contribution >= 4 is 6.08 Å². The number of piperidine rings is 1. The summed E-state index contributed by atoms with van der Waals surface area (Å²) in [6.07, 6.45) is 4.73. The maximum absolute atomic E-state index is 5.80. The van der Waals surface area contributed by atoms with E-state index in [1.165, 1.54) is 29.5 Å². The summed E-state index contributed by atoms with van der Waals surface area (Å²) in [5, 5.41) is 3.41. The predicted octanol–water partition coefficient (Wildman–Crippen LogP) is 4.03. The van der Waals surface area contributed by atoms with E-state index in [9.17, 15) is 0 Å². The highest BCUT2D eigenvalue weighted by molar-refractivity contribution is 5.54. The second-order valence-electron chi connectivity index (χ2n) is 5.43. The van der Waals surface area contributed by atoms with Crippen LogP contribution in [0.1, 0.15) is 24.0 Å². The fourth-order valence-corrected chi connectivity index (χ4v) is 2.54. The third kappa shape index (κ3) is 4.20. The SMILES string of the molecule is C(=C1CCCNC1)c1ccc(OCc2ccccc2)cc1. The van der Waals surface area contributed by atoms with E-state index in [0.29, 0.717) is 6.61 Å². The van der Waals surface area contributed by atoms with E-state index >= 15 is 0 Å². The molecule has 1 aliphatic rings. The van der Waals surface area contributed by atoms with E-state index in [-0.39, 0.29) is 0 Å². The first-order chi connectivity index (χ1) is 10.4. The summed E-state index contributed by atoms with van der Waals surface area (Å²) < 4.78 is 5.80. The summed E-state index contributed by atoms with van der Waals surface area (Å²) in [6, 6.07) is 18.6. The summed E-state index contributed by atoms with van der Waals surface area (Å²) in [5.41, 5.74) is 3.93. The van der Waals surface area contributed by atoms with Gasteiger partial charge < -0.3 is 10.1 Å². The van der Waals surface area contributed by atoms with Crippen molar-refractivity contribution in [1.82, 2.24) is 5.32 Å². The summed E-state index contributed by atoms with van der Waals surface area (Å²) in [7, 11) is 0. The number of rotatable bonds is 4. The third-order valence-electron chi connectivity index (χ3n) is 3.70. The van der Waals surface area contributed by atoms with Gasteiger partial charge in [-0.25, -0.2) is 0 Å². The molecule has 0 bridgehead atoms. The zero-order chi connectivity index (χ0) is 14.3. The second-order valence-corrected chi connectivity index (χ2v) is 5.43. The Balaban J connectivity index is 1.59. The Bertz CT molecular complexity index is 579. The van der Waals surface area contributed by atoms with Crippen LogP contribution in [0, 0.1) is 0 Å². The van der Waals surface area contributed by atoms with Crippen molar-refractivity contribution in [3.8, 4) is 5.75 Å². The number of hydrogen-bond acceptors (Lipinski definition) is 2. The average molecular weight is 279 g/mol. The molecule has 2 aromatic rings. The lowest BCUT2D eigenvalue weighted by atomic mass is 10.0. The van der Waals surface area contributed by atoms with Crippen LogP contribution >= 0.6 is 0 Å². The third-order valence-corrected chi connectivity index (χ3v) is 3.70. The fourth-order valence-electron chi connectivity index (χ4n) is 2.54. The van der Waals surface area contributed by atoms with Gasteiger partial charge in [-0.05, 0) is 42.6 Å². The lowest BCUT2D eigenvalue weighted by Gasteiger charge is -2.15. The number of nitrogens with one attached hydrogen (secondary N) is 1. The van der Waals surface area contributed by atoms with Gasteiger partial charge >= 0.3 is 0 Å². The standard InChI is InChI=1S/C19H21NO/c1-2-5-17(6-3-1)15-21-19-10-8-16(9-11-19)13-18-7-4-12-20-14-18/h1-3,5-6,8-11,13,20H,4,7,12,14-15H2. The minimum absolute atomic E-state index is 0.616. The lowest BCUT2D eigenvalue weighted by molar-refractivity contribution is 0.306. The molecule has 2 heteroatoms. The van der Waals surface area contributed by atoms with Crippen LogP contribution in [0.4, 0.5) is 0 Å². The molecule has 0 spiro atoms. The molecule has 0 unspecified atom stereocenters. The maximum atomic E-state index is 5.80. The molecule has 0 saturated carbocycles. The van der Waals surface area contributed by atoms with Crippen LogP contribution in [0.25, 0.3) is 6.08 Å². The van der Waals surface area contributed by atoms with Crippen molar-refractivity contribution in [2.45, 2.75) is 19.4 Å². The van der Waals surface area contributed by atoms with Gasteiger partial charge in [0.2, 0.25) is 0 Å². The summed E-state index contributed by atoms with van der Waals surface area (Å²) in [6.45, 7) is 2.78. The summed E-state index contributed by atoms with van der Waals surface area (Å²) >= 11 is 0. The van der Waals surface area contributed by atoms with E-state index in [0.717, 1.165) is 18.8 Å². The van der Waals surface area contributed by atoms with E-state index in [2.05, 4.69) is 35.7 Å². The van der Waals surface area contributed by atoms with Crippen LogP contribution in [0.5, 0.6) is 5.75 Å². The summed E-state index contributed by atoms with van der Waals surface area (Å²) in [4.78, 5) is 0. The largest absolute Gasteiger partial charge is 0.489 e. The van der Waals surface area contributed by atoms with Gasteiger partial charge in [-0.2, -0.15) is 0 Å². The van der Waals surface area contributed by atoms with Gasteiger partial charge in [0.15, 0.2) is 0 Å². The number of ether oxygens (including phenoxy) is 1. The van der Waals surface area contributed by atoms with Crippen molar-refractivity contribution < 1.29 is 4.74 Å². The van der Waals surface area contributed by atoms with Crippen molar-refractivity contribution in [3.05, 3.63) is 71.3 Å². The molecule has 0 atom stereocenters. The zero-order valence-electron chi connectivity index (χ0n) is 12.2. The highest BCUT2D eigenvalue weighted by Crippen LogP contribution is 2.18. The quantitative estimate of drug-likeness (QED) is 0.912. The predicted molar refractivity (Wildman–Crippen MR) is 87.3 cm³/mol. The number of benzene rings is 2. The Morgan fingerprint density at radius 1 is 1.00 bits per heavy atom. The molecule has 3 rings (SSSR count). The molecule has 1 saturated heterocycles. The Labute approximate surface area is 126 Å². The molecule has 0 aliphatic carbocycles. The first-order valence-electron chi connectivity index (χ1n) is 7.57. The highest BCUT2D eigenvalue weighted by atomic mass is 16.5. The Hall–Kier alpha value is -2.06. The first-order valence-corrected chi connectivity index (χ1v) is 7.57. The van der Waals surface area contributed by atoms with Gasteiger partial charge in [0, 0.05) is 6.54 Å². The Morgan fingerprint density at radius 3 is 2.52 bits per heavy atom. The molecule has 108 valence electrons. The molecule has 0 aromatic heterocycles. The van der Waals surface area contributed by atoms with Crippen LogP contribution in [-0.4, -0.2) is 13.1 Å². The van der Waals surface area contributed by atoms with Crippen LogP contribution < -0.4 is 10.1 Å². The van der Waals surface area contributed by atoms with Gasteiger partial charge in [-0.15, -0.1) is 0 Å². The van der Waals surface area contributed by atoms with Crippen LogP contribution in [-0.2, 0) is 6.61 Å². The molecule has 2 aromatic carbocycles. The van der Waals surface area contributed by atoms with E-state index in [4.69, 9.17) is 4.74 Å². The zero-order valence-corrected chi connectivity index (χ0v) is 12.2. The van der Waals surface area contributed by atoms with Crippen molar-refractivity contribution in [3.63, 3.8) is 0 Å². The van der Waals surface area contributed by atoms with Gasteiger partial charge in [0.25, 0.3) is 0 Å². The molecule has 0 amide bonds. The normalized spacial score (nSPS) is 16.9. The Kier molecular flexibility index (Phi) is 4.70. The van der Waals surface area contributed by atoms with Crippen LogP contribution in [0.3, 0.4) is 0 Å². The smallest absolute Gasteiger partial charge is 0.119 e. The minimum Gasteiger partial charge on any atom is -0.489 e. The van der Waals surface area contributed by atoms with E-state index in [1.807, 2.05) is 30.3 Å². The molecule has 1 fully saturated rings. The fraction of sp³-hybridized carbons (Fsp3) is 0.263. The van der Waals surface area contributed by atoms with Gasteiger partial charge in [-0.3, -0.25) is 0 Å². The molecule has 1 heterocycles. The van der Waals surface area contributed by atoms with E-state index in [1.54, 1.807) is 0 Å². The highest BCUT2D eigenvalue weighted by Gasteiger charge is 2.04. The van der Waals surface area contributed by atoms with E-state index < -0.39 is 0 Å². The molecule has 21 heavy (non-hydrogen) atoms. The molecule has 0 radical (unpaired) electrons. The second kappa shape index (κ2) is 7.09. The van der Waals surface area contributed by atoms with Crippen LogP contribution in [0.15, 0.2) is 60.2 Å². The van der Waals surface area contributed by atoms with Gasteiger partial charge in [0.05, 0.1) is 0 Å². The van der Waals surface area contributed by atoms with Crippen molar-refractivity contribution in [2.24, 2.45) is 0 Å². The summed E-state index contributed by atoms with van der Waals surface area (Å²) in [5.74, 6) is 0.919. The molecular formula is C19H21NO. The van der Waals surface area contributed by atoms with Gasteiger partial charge in [-0.1, -0.05) is 54.1 Å². The monoisotopic (exact) mass is 279 g/mol. The molecular weight excluding hydrogens is 258 g/mol. The van der Waals surface area contributed by atoms with Crippen molar-refractivity contribution in [1.29, 1.82) is 0 Å². The maximum Gasteiger partial charge on any atom is 0.119 e. The number of hydrogen-bond donors (Lipinski definition) is 1. The molecule has 2 nitrogen and oxygen atoms in total. The van der Waals surface area contributed by atoms with Crippen molar-refractivity contribution in [2.75, 3.05) is 13.1 Å². The first kappa shape index (κ1) is 13.9. The molecule has 1 N–H and O–H groups in total.